The van der Waals surface area contributed by atoms with Crippen molar-refractivity contribution in [1.82, 2.24) is 4.90 Å². The molecule has 10 heteroatoms. The first-order valence-electron chi connectivity index (χ1n) is 8.72. The van der Waals surface area contributed by atoms with Crippen LogP contribution in [0.3, 0.4) is 0 Å². The normalized spacial score (nSPS) is 18.3. The van der Waals surface area contributed by atoms with E-state index in [0.717, 1.165) is 6.26 Å². The summed E-state index contributed by atoms with van der Waals surface area (Å²) in [6.07, 6.45) is 0.640. The minimum atomic E-state index is -3.25. The standard InChI is InChI=1S/C18H25BrN2O6S/c1-18(2,3)27-17(24)21-11-16(23)20(10-13(21)5-6-28(4,25)26)14-7-12(19)8-15(22)9-14/h7-9,13,22H,5-6,10-11H2,1-4H3. The topological polar surface area (TPSA) is 104 Å². The van der Waals surface area contributed by atoms with E-state index in [9.17, 15) is 23.1 Å². The molecule has 0 saturated carbocycles. The van der Waals surface area contributed by atoms with E-state index in [4.69, 9.17) is 4.74 Å². The number of sulfone groups is 1. The molecule has 1 aromatic rings. The summed E-state index contributed by atoms with van der Waals surface area (Å²) in [4.78, 5) is 28.0. The van der Waals surface area contributed by atoms with E-state index in [-0.39, 0.29) is 36.9 Å². The number of halogens is 1. The summed E-state index contributed by atoms with van der Waals surface area (Å²) in [5.41, 5.74) is -0.278. The number of nitrogens with zero attached hydrogens (tertiary/aromatic N) is 2. The average Bonchev–Trinajstić information content (AvgIpc) is 2.49. The van der Waals surface area contributed by atoms with Gasteiger partial charge in [-0.1, -0.05) is 15.9 Å². The van der Waals surface area contributed by atoms with Crippen molar-refractivity contribution < 1.29 is 27.9 Å². The van der Waals surface area contributed by atoms with Gasteiger partial charge in [-0.3, -0.25) is 9.69 Å². The van der Waals surface area contributed by atoms with Crippen molar-refractivity contribution in [2.75, 3.05) is 30.0 Å². The first kappa shape index (κ1) is 22.5. The van der Waals surface area contributed by atoms with Crippen LogP contribution in [0, 0.1) is 0 Å². The van der Waals surface area contributed by atoms with Gasteiger partial charge in [0.2, 0.25) is 5.91 Å². The number of ether oxygens (including phenoxy) is 1. The Morgan fingerprint density at radius 3 is 2.50 bits per heavy atom. The molecular formula is C18H25BrN2O6S. The highest BCUT2D eigenvalue weighted by Gasteiger charge is 2.38. The van der Waals surface area contributed by atoms with E-state index in [0.29, 0.717) is 10.2 Å². The fourth-order valence-corrected chi connectivity index (χ4v) is 4.04. The van der Waals surface area contributed by atoms with Crippen molar-refractivity contribution in [3.63, 3.8) is 0 Å². The largest absolute Gasteiger partial charge is 0.508 e. The third-order valence-corrected chi connectivity index (χ3v) is 5.50. The van der Waals surface area contributed by atoms with E-state index in [1.165, 1.54) is 21.9 Å². The molecule has 1 fully saturated rings. The Morgan fingerprint density at radius 1 is 1.32 bits per heavy atom. The minimum Gasteiger partial charge on any atom is -0.508 e. The lowest BCUT2D eigenvalue weighted by atomic mass is 10.1. The summed E-state index contributed by atoms with van der Waals surface area (Å²) in [6.45, 7) is 5.02. The Balaban J connectivity index is 2.30. The molecule has 1 aromatic carbocycles. The van der Waals surface area contributed by atoms with Gasteiger partial charge in [-0.05, 0) is 39.3 Å². The number of hydrogen-bond acceptors (Lipinski definition) is 6. The molecule has 1 aliphatic rings. The summed E-state index contributed by atoms with van der Waals surface area (Å²) in [6, 6.07) is 4.07. The Kier molecular flexibility index (Phi) is 6.65. The third-order valence-electron chi connectivity index (χ3n) is 4.07. The predicted molar refractivity (Wildman–Crippen MR) is 109 cm³/mol. The number of benzene rings is 1. The molecule has 1 atom stereocenters. The van der Waals surface area contributed by atoms with Gasteiger partial charge in [0.25, 0.3) is 0 Å². The summed E-state index contributed by atoms with van der Waals surface area (Å²) in [7, 11) is -3.25. The fourth-order valence-electron chi connectivity index (χ4n) is 2.87. The van der Waals surface area contributed by atoms with E-state index in [1.807, 2.05) is 0 Å². The maximum absolute atomic E-state index is 12.7. The number of carbonyl (C=O) groups is 2. The Labute approximate surface area is 173 Å². The maximum atomic E-state index is 12.7. The first-order valence-corrected chi connectivity index (χ1v) is 11.6. The minimum absolute atomic E-state index is 0.0144. The van der Waals surface area contributed by atoms with E-state index < -0.39 is 27.6 Å². The second kappa shape index (κ2) is 8.28. The van der Waals surface area contributed by atoms with E-state index in [1.54, 1.807) is 26.8 Å². The van der Waals surface area contributed by atoms with Crippen LogP contribution in [-0.2, 0) is 19.4 Å². The molecule has 8 nitrogen and oxygen atoms in total. The Hall–Kier alpha value is -1.81. The zero-order chi connectivity index (χ0) is 21.3. The molecule has 1 saturated heterocycles. The molecule has 0 bridgehead atoms. The molecule has 1 aliphatic heterocycles. The van der Waals surface area contributed by atoms with E-state index in [2.05, 4.69) is 15.9 Å². The average molecular weight is 477 g/mol. The molecule has 1 unspecified atom stereocenters. The molecule has 0 aromatic heterocycles. The molecule has 2 amide bonds. The third kappa shape index (κ3) is 6.37. The quantitative estimate of drug-likeness (QED) is 0.715. The molecule has 1 heterocycles. The molecule has 0 aliphatic carbocycles. The molecule has 156 valence electrons. The van der Waals surface area contributed by atoms with Crippen molar-refractivity contribution in [2.24, 2.45) is 0 Å². The van der Waals surface area contributed by atoms with Crippen LogP contribution in [0.1, 0.15) is 27.2 Å². The lowest BCUT2D eigenvalue weighted by molar-refractivity contribution is -0.122. The van der Waals surface area contributed by atoms with Crippen LogP contribution in [0.5, 0.6) is 5.75 Å². The zero-order valence-corrected chi connectivity index (χ0v) is 18.7. The summed E-state index contributed by atoms with van der Waals surface area (Å²) in [5, 5.41) is 9.82. The molecule has 2 rings (SSSR count). The number of aromatic hydroxyl groups is 1. The van der Waals surface area contributed by atoms with Crippen LogP contribution in [0.15, 0.2) is 22.7 Å². The number of phenols is 1. The van der Waals surface area contributed by atoms with Gasteiger partial charge in [0, 0.05) is 29.0 Å². The lowest BCUT2D eigenvalue weighted by Gasteiger charge is -2.41. The Morgan fingerprint density at radius 2 is 1.96 bits per heavy atom. The second-order valence-electron chi connectivity index (χ2n) is 7.85. The molecule has 28 heavy (non-hydrogen) atoms. The van der Waals surface area contributed by atoms with Gasteiger partial charge in [0.05, 0.1) is 11.8 Å². The SMILES string of the molecule is CC(C)(C)OC(=O)N1CC(=O)N(c2cc(O)cc(Br)c2)CC1CCS(C)(=O)=O. The van der Waals surface area contributed by atoms with Crippen molar-refractivity contribution in [2.45, 2.75) is 38.8 Å². The second-order valence-corrected chi connectivity index (χ2v) is 11.0. The summed E-state index contributed by atoms with van der Waals surface area (Å²) < 4.78 is 29.2. The molecule has 0 radical (unpaired) electrons. The number of piperazine rings is 1. The van der Waals surface area contributed by atoms with Gasteiger partial charge in [-0.2, -0.15) is 0 Å². The predicted octanol–water partition coefficient (Wildman–Crippen LogP) is 2.54. The van der Waals surface area contributed by atoms with Gasteiger partial charge >= 0.3 is 6.09 Å². The highest BCUT2D eigenvalue weighted by Crippen LogP contribution is 2.29. The Bertz CT molecular complexity index is 845. The number of phenolic OH excluding ortho intramolecular Hbond substituents is 1. The lowest BCUT2D eigenvalue weighted by Crippen LogP contribution is -2.59. The monoisotopic (exact) mass is 476 g/mol. The van der Waals surface area contributed by atoms with Crippen LogP contribution < -0.4 is 4.90 Å². The highest BCUT2D eigenvalue weighted by atomic mass is 79.9. The summed E-state index contributed by atoms with van der Waals surface area (Å²) >= 11 is 3.28. The molecule has 1 N–H and O–H groups in total. The zero-order valence-electron chi connectivity index (χ0n) is 16.3. The van der Waals surface area contributed by atoms with Gasteiger partial charge < -0.3 is 14.7 Å². The van der Waals surface area contributed by atoms with Gasteiger partial charge in [0.15, 0.2) is 0 Å². The van der Waals surface area contributed by atoms with Crippen LogP contribution in [0.2, 0.25) is 0 Å². The van der Waals surface area contributed by atoms with Gasteiger partial charge in [0.1, 0.15) is 27.7 Å². The fraction of sp³-hybridized carbons (Fsp3) is 0.556. The van der Waals surface area contributed by atoms with Crippen molar-refractivity contribution in [3.8, 4) is 5.75 Å². The number of anilines is 1. The highest BCUT2D eigenvalue weighted by molar-refractivity contribution is 9.10. The summed E-state index contributed by atoms with van der Waals surface area (Å²) in [5.74, 6) is -0.485. The molecular weight excluding hydrogens is 452 g/mol. The van der Waals surface area contributed by atoms with Crippen molar-refractivity contribution >= 4 is 43.5 Å². The van der Waals surface area contributed by atoms with Crippen LogP contribution in [0.4, 0.5) is 10.5 Å². The van der Waals surface area contributed by atoms with Crippen molar-refractivity contribution in [3.05, 3.63) is 22.7 Å². The van der Waals surface area contributed by atoms with Gasteiger partial charge in [-0.25, -0.2) is 13.2 Å². The molecule has 0 spiro atoms. The van der Waals surface area contributed by atoms with Crippen molar-refractivity contribution in [1.29, 1.82) is 0 Å². The maximum Gasteiger partial charge on any atom is 0.411 e. The van der Waals surface area contributed by atoms with Crippen LogP contribution in [0.25, 0.3) is 0 Å². The van der Waals surface area contributed by atoms with Gasteiger partial charge in [-0.15, -0.1) is 0 Å². The smallest absolute Gasteiger partial charge is 0.411 e. The number of amides is 2. The van der Waals surface area contributed by atoms with E-state index >= 15 is 0 Å². The number of carbonyl (C=O) groups excluding carboxylic acids is 2. The van der Waals surface area contributed by atoms with Crippen LogP contribution in [-0.4, -0.2) is 67.2 Å². The number of rotatable bonds is 4. The first-order chi connectivity index (χ1) is 12.7. The number of hydrogen-bond donors (Lipinski definition) is 1. The van der Waals surface area contributed by atoms with Crippen LogP contribution >= 0.6 is 15.9 Å².